The first-order valence-electron chi connectivity index (χ1n) is 10.1. The van der Waals surface area contributed by atoms with Gasteiger partial charge in [0.05, 0.1) is 11.4 Å². The molecule has 6 nitrogen and oxygen atoms in total. The van der Waals surface area contributed by atoms with Crippen molar-refractivity contribution >= 4 is 34.8 Å². The zero-order valence-corrected chi connectivity index (χ0v) is 17.3. The minimum atomic E-state index is -0.240. The van der Waals surface area contributed by atoms with Crippen LogP contribution in [0, 0.1) is 0 Å². The standard InChI is InChI=1S/C23H24ClN5O/c24-17-6-4-5-16(15-17)21-10-9-20(25)22(28-21)29(19-7-2-1-3-8-19)23(30)27-18-11-13-26-14-12-18/h4-6,9-15,19H,1-3,7-8,25H2,(H,26,27,30). The number of amides is 2. The Labute approximate surface area is 181 Å². The fraction of sp³-hybridized carbons (Fsp3) is 0.261. The Kier molecular flexibility index (Phi) is 6.14. The van der Waals surface area contributed by atoms with E-state index in [0.717, 1.165) is 36.9 Å². The van der Waals surface area contributed by atoms with Gasteiger partial charge in [0.2, 0.25) is 0 Å². The number of nitrogens with two attached hydrogens (primary N) is 1. The van der Waals surface area contributed by atoms with Crippen LogP contribution in [0.25, 0.3) is 11.3 Å². The van der Waals surface area contributed by atoms with Crippen molar-refractivity contribution in [3.05, 3.63) is 65.9 Å². The van der Waals surface area contributed by atoms with E-state index in [1.54, 1.807) is 35.5 Å². The largest absolute Gasteiger partial charge is 0.396 e. The van der Waals surface area contributed by atoms with Crippen molar-refractivity contribution in [3.63, 3.8) is 0 Å². The highest BCUT2D eigenvalue weighted by Gasteiger charge is 2.30. The number of hydrogen-bond acceptors (Lipinski definition) is 4. The van der Waals surface area contributed by atoms with Crippen LogP contribution in [0.1, 0.15) is 32.1 Å². The summed E-state index contributed by atoms with van der Waals surface area (Å²) >= 11 is 6.16. The second kappa shape index (κ2) is 9.13. The normalized spacial score (nSPS) is 14.3. The highest BCUT2D eigenvalue weighted by Crippen LogP contribution is 2.33. The number of carbonyl (C=O) groups is 1. The minimum Gasteiger partial charge on any atom is -0.396 e. The van der Waals surface area contributed by atoms with Crippen molar-refractivity contribution in [1.82, 2.24) is 9.97 Å². The van der Waals surface area contributed by atoms with E-state index in [9.17, 15) is 4.79 Å². The van der Waals surface area contributed by atoms with Gasteiger partial charge in [-0.15, -0.1) is 0 Å². The smallest absolute Gasteiger partial charge is 0.327 e. The number of nitrogens with one attached hydrogen (secondary N) is 1. The monoisotopic (exact) mass is 421 g/mol. The lowest BCUT2D eigenvalue weighted by Crippen LogP contribution is -2.45. The molecule has 2 aromatic heterocycles. The Morgan fingerprint density at radius 2 is 1.83 bits per heavy atom. The van der Waals surface area contributed by atoms with Gasteiger partial charge in [-0.05, 0) is 49.2 Å². The summed E-state index contributed by atoms with van der Waals surface area (Å²) in [5.74, 6) is 0.478. The van der Waals surface area contributed by atoms with Gasteiger partial charge in [-0.2, -0.15) is 0 Å². The third-order valence-corrected chi connectivity index (χ3v) is 5.58. The number of rotatable bonds is 4. The molecule has 2 amide bonds. The molecule has 30 heavy (non-hydrogen) atoms. The van der Waals surface area contributed by atoms with Crippen molar-refractivity contribution in [3.8, 4) is 11.3 Å². The first-order chi connectivity index (χ1) is 14.6. The van der Waals surface area contributed by atoms with Gasteiger partial charge in [0.1, 0.15) is 0 Å². The molecule has 4 rings (SSSR count). The summed E-state index contributed by atoms with van der Waals surface area (Å²) in [7, 11) is 0. The lowest BCUT2D eigenvalue weighted by molar-refractivity contribution is 0.252. The molecule has 0 atom stereocenters. The number of anilines is 3. The number of carbonyl (C=O) groups excluding carboxylic acids is 1. The maximum atomic E-state index is 13.3. The van der Waals surface area contributed by atoms with Crippen molar-refractivity contribution in [1.29, 1.82) is 0 Å². The fourth-order valence-corrected chi connectivity index (χ4v) is 4.04. The lowest BCUT2D eigenvalue weighted by atomic mass is 9.94. The number of halogens is 1. The number of urea groups is 1. The highest BCUT2D eigenvalue weighted by atomic mass is 35.5. The number of hydrogen-bond donors (Lipinski definition) is 2. The summed E-state index contributed by atoms with van der Waals surface area (Å²) < 4.78 is 0. The van der Waals surface area contributed by atoms with E-state index in [0.29, 0.717) is 22.2 Å². The molecule has 1 aromatic carbocycles. The van der Waals surface area contributed by atoms with E-state index < -0.39 is 0 Å². The molecular formula is C23H24ClN5O. The van der Waals surface area contributed by atoms with Crippen molar-refractivity contribution < 1.29 is 4.79 Å². The van der Waals surface area contributed by atoms with Crippen molar-refractivity contribution in [2.75, 3.05) is 16.0 Å². The first kappa shape index (κ1) is 20.2. The number of nitrogens with zero attached hydrogens (tertiary/aromatic N) is 3. The third-order valence-electron chi connectivity index (χ3n) is 5.34. The van der Waals surface area contributed by atoms with E-state index in [2.05, 4.69) is 10.3 Å². The van der Waals surface area contributed by atoms with Crippen molar-refractivity contribution in [2.24, 2.45) is 0 Å². The minimum absolute atomic E-state index is 0.0463. The summed E-state index contributed by atoms with van der Waals surface area (Å²) in [6, 6.07) is 14.5. The van der Waals surface area contributed by atoms with Crippen LogP contribution >= 0.6 is 11.6 Å². The quantitative estimate of drug-likeness (QED) is 0.561. The summed E-state index contributed by atoms with van der Waals surface area (Å²) in [5.41, 5.74) is 9.06. The Morgan fingerprint density at radius 3 is 2.57 bits per heavy atom. The number of nitrogen functional groups attached to an aromatic ring is 1. The third kappa shape index (κ3) is 4.54. The van der Waals surface area contributed by atoms with E-state index >= 15 is 0 Å². The van der Waals surface area contributed by atoms with Crippen LogP contribution in [0.5, 0.6) is 0 Å². The molecule has 0 unspecified atom stereocenters. The molecular weight excluding hydrogens is 398 g/mol. The Bertz CT molecular complexity index is 1020. The summed E-state index contributed by atoms with van der Waals surface area (Å²) in [5, 5.41) is 3.60. The number of aromatic nitrogens is 2. The molecule has 1 aliphatic carbocycles. The van der Waals surface area contributed by atoms with Gasteiger partial charge in [-0.1, -0.05) is 43.0 Å². The van der Waals surface area contributed by atoms with Crippen LogP contribution in [-0.4, -0.2) is 22.0 Å². The zero-order chi connectivity index (χ0) is 20.9. The Hall–Kier alpha value is -3.12. The molecule has 0 saturated heterocycles. The van der Waals surface area contributed by atoms with Gasteiger partial charge in [-0.25, -0.2) is 9.78 Å². The predicted octanol–water partition coefficient (Wildman–Crippen LogP) is 5.75. The Morgan fingerprint density at radius 1 is 1.07 bits per heavy atom. The predicted molar refractivity (Wildman–Crippen MR) is 122 cm³/mol. The average Bonchev–Trinajstić information content (AvgIpc) is 2.77. The van der Waals surface area contributed by atoms with E-state index in [4.69, 9.17) is 22.3 Å². The lowest BCUT2D eigenvalue weighted by Gasteiger charge is -2.34. The van der Waals surface area contributed by atoms with Crippen LogP contribution < -0.4 is 16.0 Å². The molecule has 3 aromatic rings. The second-order valence-electron chi connectivity index (χ2n) is 7.45. The van der Waals surface area contributed by atoms with Crippen LogP contribution in [0.2, 0.25) is 5.02 Å². The van der Waals surface area contributed by atoms with E-state index in [1.165, 1.54) is 6.42 Å². The molecule has 1 fully saturated rings. The molecule has 0 bridgehead atoms. The molecule has 154 valence electrons. The van der Waals surface area contributed by atoms with Gasteiger partial charge >= 0.3 is 6.03 Å². The van der Waals surface area contributed by atoms with Crippen LogP contribution in [0.15, 0.2) is 60.9 Å². The topological polar surface area (TPSA) is 84.1 Å². The second-order valence-corrected chi connectivity index (χ2v) is 7.88. The van der Waals surface area contributed by atoms with Crippen LogP contribution in [0.4, 0.5) is 22.0 Å². The fourth-order valence-electron chi connectivity index (χ4n) is 3.85. The summed E-state index contributed by atoms with van der Waals surface area (Å²) in [6.45, 7) is 0. The SMILES string of the molecule is Nc1ccc(-c2cccc(Cl)c2)nc1N(C(=O)Nc1ccncc1)C1CCCCC1. The van der Waals surface area contributed by atoms with Gasteiger partial charge < -0.3 is 11.1 Å². The maximum absolute atomic E-state index is 13.3. The molecule has 0 spiro atoms. The van der Waals surface area contributed by atoms with E-state index in [1.807, 2.05) is 30.3 Å². The Balaban J connectivity index is 1.72. The van der Waals surface area contributed by atoms with Gasteiger partial charge in [0.25, 0.3) is 0 Å². The van der Waals surface area contributed by atoms with Gasteiger partial charge in [0, 0.05) is 34.7 Å². The molecule has 7 heteroatoms. The molecule has 1 saturated carbocycles. The molecule has 1 aliphatic rings. The first-order valence-corrected chi connectivity index (χ1v) is 10.5. The van der Waals surface area contributed by atoms with Crippen molar-refractivity contribution in [2.45, 2.75) is 38.1 Å². The maximum Gasteiger partial charge on any atom is 0.327 e. The van der Waals surface area contributed by atoms with Crippen LogP contribution in [0.3, 0.4) is 0 Å². The molecule has 0 aliphatic heterocycles. The number of benzene rings is 1. The molecule has 3 N–H and O–H groups in total. The molecule has 2 heterocycles. The summed E-state index contributed by atoms with van der Waals surface area (Å²) in [4.78, 5) is 23.9. The summed E-state index contributed by atoms with van der Waals surface area (Å²) in [6.07, 6.45) is 8.48. The average molecular weight is 422 g/mol. The van der Waals surface area contributed by atoms with Gasteiger partial charge in [-0.3, -0.25) is 9.88 Å². The molecule has 0 radical (unpaired) electrons. The van der Waals surface area contributed by atoms with Crippen LogP contribution in [-0.2, 0) is 0 Å². The van der Waals surface area contributed by atoms with E-state index in [-0.39, 0.29) is 12.1 Å². The zero-order valence-electron chi connectivity index (χ0n) is 16.6. The number of pyridine rings is 2. The highest BCUT2D eigenvalue weighted by molar-refractivity contribution is 6.30. The van der Waals surface area contributed by atoms with Gasteiger partial charge in [0.15, 0.2) is 5.82 Å².